The zero-order valence-corrected chi connectivity index (χ0v) is 10.8. The Kier molecular flexibility index (Phi) is 7.14. The molecule has 1 fully saturated rings. The smallest absolute Gasteiger partial charge is 0.160 e. The highest BCUT2D eigenvalue weighted by atomic mass is 16.7. The fraction of sp³-hybridized carbons (Fsp3) is 1.00. The van der Waals surface area contributed by atoms with Crippen molar-refractivity contribution in [3.63, 3.8) is 0 Å². The van der Waals surface area contributed by atoms with Gasteiger partial charge in [-0.05, 0) is 6.42 Å². The third-order valence-electron chi connectivity index (χ3n) is 3.33. The summed E-state index contributed by atoms with van der Waals surface area (Å²) in [5, 5.41) is 0. The fourth-order valence-corrected chi connectivity index (χ4v) is 2.27. The van der Waals surface area contributed by atoms with E-state index in [1.54, 1.807) is 0 Å². The molecule has 1 heterocycles. The highest BCUT2D eigenvalue weighted by Gasteiger charge is 2.29. The van der Waals surface area contributed by atoms with Crippen LogP contribution in [0.1, 0.15) is 52.4 Å². The molecule has 1 saturated heterocycles. The Balaban J connectivity index is 2.40. The van der Waals surface area contributed by atoms with Crippen LogP contribution in [-0.2, 0) is 9.47 Å². The van der Waals surface area contributed by atoms with Gasteiger partial charge >= 0.3 is 0 Å². The van der Waals surface area contributed by atoms with Crippen molar-refractivity contribution in [2.45, 2.75) is 64.5 Å². The molecule has 1 aliphatic heterocycles. The molecule has 0 N–H and O–H groups in total. The van der Waals surface area contributed by atoms with Gasteiger partial charge in [0.05, 0.1) is 21.1 Å². The topological polar surface area (TPSA) is 18.5 Å². The van der Waals surface area contributed by atoms with Crippen LogP contribution in [-0.4, -0.2) is 27.4 Å². The minimum absolute atomic E-state index is 0.0431. The van der Waals surface area contributed by atoms with Crippen LogP contribution in [0, 0.1) is 5.92 Å². The minimum atomic E-state index is -0.0431. The summed E-state index contributed by atoms with van der Waals surface area (Å²) in [7, 11) is 6.26. The summed E-state index contributed by atoms with van der Waals surface area (Å²) in [6, 6.07) is 0. The van der Waals surface area contributed by atoms with E-state index >= 15 is 0 Å². The van der Waals surface area contributed by atoms with Crippen LogP contribution in [0.5, 0.6) is 0 Å². The Morgan fingerprint density at radius 3 is 2.19 bits per heavy atom. The maximum Gasteiger partial charge on any atom is 0.160 e. The van der Waals surface area contributed by atoms with E-state index in [0.29, 0.717) is 5.92 Å². The van der Waals surface area contributed by atoms with Gasteiger partial charge in [0.1, 0.15) is 0 Å². The van der Waals surface area contributed by atoms with Gasteiger partial charge in [-0.3, -0.25) is 0 Å². The highest BCUT2D eigenvalue weighted by molar-refractivity contribution is 6.11. The Bertz CT molecular complexity index is 169. The number of hydrogen-bond donors (Lipinski definition) is 0. The monoisotopic (exact) mass is 224 g/mol. The molecule has 3 heteroatoms. The van der Waals surface area contributed by atoms with Crippen LogP contribution < -0.4 is 0 Å². The van der Waals surface area contributed by atoms with Crippen molar-refractivity contribution in [3.8, 4) is 0 Å². The summed E-state index contributed by atoms with van der Waals surface area (Å²) in [6.45, 7) is 5.88. The SMILES string of the molecule is [B]C(CCCC)C(CCCC)C1OCCO1. The Morgan fingerprint density at radius 1 is 1.06 bits per heavy atom. The van der Waals surface area contributed by atoms with Gasteiger partial charge in [0, 0.05) is 5.92 Å². The second kappa shape index (κ2) is 8.13. The van der Waals surface area contributed by atoms with Crippen molar-refractivity contribution in [2.24, 2.45) is 5.92 Å². The molecule has 0 aromatic heterocycles. The molecule has 1 rings (SSSR count). The largest absolute Gasteiger partial charge is 0.350 e. The zero-order valence-electron chi connectivity index (χ0n) is 10.8. The van der Waals surface area contributed by atoms with Crippen molar-refractivity contribution in [3.05, 3.63) is 0 Å². The van der Waals surface area contributed by atoms with E-state index in [2.05, 4.69) is 13.8 Å². The van der Waals surface area contributed by atoms with Crippen molar-refractivity contribution in [1.82, 2.24) is 0 Å². The summed E-state index contributed by atoms with van der Waals surface area (Å²) in [5.74, 6) is 0.614. The maximum atomic E-state index is 6.26. The van der Waals surface area contributed by atoms with Crippen molar-refractivity contribution < 1.29 is 9.47 Å². The summed E-state index contributed by atoms with van der Waals surface area (Å²) < 4.78 is 11.2. The molecule has 0 amide bonds. The molecule has 1 aliphatic rings. The molecular weight excluding hydrogens is 199 g/mol. The van der Waals surface area contributed by atoms with Gasteiger partial charge in [0.15, 0.2) is 6.29 Å². The molecule has 0 saturated carbocycles. The summed E-state index contributed by atoms with van der Waals surface area (Å²) >= 11 is 0. The summed E-state index contributed by atoms with van der Waals surface area (Å²) in [4.78, 5) is 0. The van der Waals surface area contributed by atoms with Gasteiger partial charge in [0.2, 0.25) is 0 Å². The number of hydrogen-bond acceptors (Lipinski definition) is 2. The predicted molar refractivity (Wildman–Crippen MR) is 67.7 cm³/mol. The normalized spacial score (nSPS) is 21.1. The maximum absolute atomic E-state index is 6.26. The quantitative estimate of drug-likeness (QED) is 0.589. The molecule has 92 valence electrons. The first kappa shape index (κ1) is 14.0. The first-order valence-corrected chi connectivity index (χ1v) is 6.78. The first-order chi connectivity index (χ1) is 7.79. The lowest BCUT2D eigenvalue weighted by Crippen LogP contribution is -2.26. The average Bonchev–Trinajstić information content (AvgIpc) is 2.80. The molecule has 0 aromatic rings. The fourth-order valence-electron chi connectivity index (χ4n) is 2.27. The summed E-state index contributed by atoms with van der Waals surface area (Å²) in [6.07, 6.45) is 7.02. The van der Waals surface area contributed by atoms with E-state index in [-0.39, 0.29) is 12.1 Å². The van der Waals surface area contributed by atoms with E-state index in [1.807, 2.05) is 0 Å². The molecule has 0 aromatic carbocycles. The lowest BCUT2D eigenvalue weighted by atomic mass is 9.71. The van der Waals surface area contributed by atoms with Crippen LogP contribution in [0.3, 0.4) is 0 Å². The van der Waals surface area contributed by atoms with E-state index in [1.165, 1.54) is 25.7 Å². The van der Waals surface area contributed by atoms with E-state index in [4.69, 9.17) is 17.3 Å². The van der Waals surface area contributed by atoms with Crippen molar-refractivity contribution >= 4 is 7.85 Å². The standard InChI is InChI=1S/C13H25BO2/c1-3-5-7-11(12(14)8-6-4-2)13-15-9-10-16-13/h11-13H,3-10H2,1-2H3. The molecule has 16 heavy (non-hydrogen) atoms. The van der Waals surface area contributed by atoms with Gasteiger partial charge in [0.25, 0.3) is 0 Å². The van der Waals surface area contributed by atoms with E-state index in [0.717, 1.165) is 26.1 Å². The van der Waals surface area contributed by atoms with Crippen LogP contribution >= 0.6 is 0 Å². The third kappa shape index (κ3) is 4.46. The lowest BCUT2D eigenvalue weighted by Gasteiger charge is -2.28. The van der Waals surface area contributed by atoms with E-state index in [9.17, 15) is 0 Å². The lowest BCUT2D eigenvalue weighted by molar-refractivity contribution is -0.0880. The van der Waals surface area contributed by atoms with Crippen LogP contribution in [0.25, 0.3) is 0 Å². The predicted octanol–water partition coefficient (Wildman–Crippen LogP) is 3.31. The molecule has 0 bridgehead atoms. The average molecular weight is 224 g/mol. The van der Waals surface area contributed by atoms with Crippen LogP contribution in [0.4, 0.5) is 0 Å². The molecule has 2 unspecified atom stereocenters. The molecule has 2 nitrogen and oxygen atoms in total. The van der Waals surface area contributed by atoms with Gasteiger partial charge in [-0.25, -0.2) is 0 Å². The van der Waals surface area contributed by atoms with Crippen molar-refractivity contribution in [2.75, 3.05) is 13.2 Å². The van der Waals surface area contributed by atoms with Crippen molar-refractivity contribution in [1.29, 1.82) is 0 Å². The Morgan fingerprint density at radius 2 is 1.62 bits per heavy atom. The highest BCUT2D eigenvalue weighted by Crippen LogP contribution is 2.32. The molecule has 2 radical (unpaired) electrons. The molecule has 2 atom stereocenters. The molecule has 0 spiro atoms. The van der Waals surface area contributed by atoms with Gasteiger partial charge < -0.3 is 9.47 Å². The number of ether oxygens (including phenoxy) is 2. The number of unbranched alkanes of at least 4 members (excludes halogenated alkanes) is 2. The second-order valence-corrected chi connectivity index (χ2v) is 4.72. The molecular formula is C13H25BO2. The van der Waals surface area contributed by atoms with Gasteiger partial charge in [-0.15, -0.1) is 0 Å². The van der Waals surface area contributed by atoms with E-state index < -0.39 is 0 Å². The minimum Gasteiger partial charge on any atom is -0.350 e. The zero-order chi connectivity index (χ0) is 11.8. The molecule has 0 aliphatic carbocycles. The van der Waals surface area contributed by atoms with Crippen LogP contribution in [0.15, 0.2) is 0 Å². The Labute approximate surface area is 101 Å². The first-order valence-electron chi connectivity index (χ1n) is 6.78. The number of rotatable bonds is 8. The van der Waals surface area contributed by atoms with Gasteiger partial charge in [-0.1, -0.05) is 51.8 Å². The van der Waals surface area contributed by atoms with Gasteiger partial charge in [-0.2, -0.15) is 0 Å². The van der Waals surface area contributed by atoms with Crippen LogP contribution in [0.2, 0.25) is 5.82 Å². The third-order valence-corrected chi connectivity index (χ3v) is 3.33. The summed E-state index contributed by atoms with van der Waals surface area (Å²) in [5.41, 5.74) is 0. The Hall–Kier alpha value is -0.0151. The second-order valence-electron chi connectivity index (χ2n) is 4.72.